The highest BCUT2D eigenvalue weighted by molar-refractivity contribution is 6.78. The lowest BCUT2D eigenvalue weighted by molar-refractivity contribution is 0.00578. The van der Waals surface area contributed by atoms with Gasteiger partial charge >= 0.3 is 7.12 Å². The normalized spacial score (nSPS) is 20.4. The van der Waals surface area contributed by atoms with Gasteiger partial charge in [-0.1, -0.05) is 75.8 Å². The molecular formula is C24H45BO3Si2. The van der Waals surface area contributed by atoms with E-state index in [0.717, 1.165) is 12.7 Å². The first-order valence-corrected chi connectivity index (χ1v) is 17.8. The Morgan fingerprint density at radius 2 is 1.43 bits per heavy atom. The van der Waals surface area contributed by atoms with Crippen LogP contribution in [0.4, 0.5) is 0 Å². The standard InChI is InChI=1S/C24H45BO3Si2/c1-22(2,3)30(10,11)26-17-21(25-27-23(4,5)24(6,7)28-25)19-29(8,9)18-20-15-13-12-14-16-20/h12-16,21H,17-19H2,1-11H3/t21-/m0/s1. The zero-order chi connectivity index (χ0) is 23.0. The molecule has 0 N–H and O–H groups in total. The zero-order valence-electron chi connectivity index (χ0n) is 21.4. The quantitative estimate of drug-likeness (QED) is 0.402. The van der Waals surface area contributed by atoms with E-state index in [9.17, 15) is 0 Å². The van der Waals surface area contributed by atoms with Crippen LogP contribution in [0.25, 0.3) is 0 Å². The number of benzene rings is 1. The lowest BCUT2D eigenvalue weighted by Gasteiger charge is -2.38. The van der Waals surface area contributed by atoms with Crippen molar-refractivity contribution < 1.29 is 13.7 Å². The molecule has 30 heavy (non-hydrogen) atoms. The first-order valence-electron chi connectivity index (χ1n) is 11.5. The van der Waals surface area contributed by atoms with Gasteiger partial charge in [-0.15, -0.1) is 0 Å². The van der Waals surface area contributed by atoms with E-state index in [1.54, 1.807) is 0 Å². The minimum atomic E-state index is -1.84. The van der Waals surface area contributed by atoms with Gasteiger partial charge in [-0.05, 0) is 51.9 Å². The molecule has 2 rings (SSSR count). The molecular weight excluding hydrogens is 403 g/mol. The Morgan fingerprint density at radius 3 is 1.90 bits per heavy atom. The molecule has 170 valence electrons. The second-order valence-electron chi connectivity index (χ2n) is 12.5. The Hall–Kier alpha value is -0.401. The van der Waals surface area contributed by atoms with E-state index in [4.69, 9.17) is 13.7 Å². The molecule has 1 fully saturated rings. The van der Waals surface area contributed by atoms with Crippen molar-refractivity contribution in [1.82, 2.24) is 0 Å². The smallest absolute Gasteiger partial charge is 0.417 e. The average Bonchev–Trinajstić information content (AvgIpc) is 2.78. The second kappa shape index (κ2) is 8.85. The molecule has 0 aromatic heterocycles. The molecule has 0 bridgehead atoms. The van der Waals surface area contributed by atoms with Crippen LogP contribution in [0.5, 0.6) is 0 Å². The number of hydrogen-bond donors (Lipinski definition) is 0. The third-order valence-electron chi connectivity index (χ3n) is 7.46. The molecule has 0 spiro atoms. The van der Waals surface area contributed by atoms with Gasteiger partial charge in [-0.2, -0.15) is 0 Å². The van der Waals surface area contributed by atoms with Crippen molar-refractivity contribution in [2.45, 2.75) is 109 Å². The molecule has 0 unspecified atom stereocenters. The second-order valence-corrected chi connectivity index (χ2v) is 22.4. The fraction of sp³-hybridized carbons (Fsp3) is 0.750. The topological polar surface area (TPSA) is 27.7 Å². The van der Waals surface area contributed by atoms with E-state index in [-0.39, 0.29) is 29.2 Å². The van der Waals surface area contributed by atoms with Gasteiger partial charge in [-0.3, -0.25) is 0 Å². The van der Waals surface area contributed by atoms with Gasteiger partial charge < -0.3 is 13.7 Å². The van der Waals surface area contributed by atoms with Crippen LogP contribution < -0.4 is 0 Å². The van der Waals surface area contributed by atoms with Crippen LogP contribution in [0.15, 0.2) is 30.3 Å². The van der Waals surface area contributed by atoms with Gasteiger partial charge in [-0.25, -0.2) is 0 Å². The molecule has 0 saturated carbocycles. The number of rotatable bonds is 8. The maximum Gasteiger partial charge on any atom is 0.463 e. The lowest BCUT2D eigenvalue weighted by atomic mass is 9.73. The third-order valence-corrected chi connectivity index (χ3v) is 15.0. The molecule has 0 aliphatic carbocycles. The van der Waals surface area contributed by atoms with E-state index in [2.05, 4.69) is 105 Å². The fourth-order valence-corrected chi connectivity index (χ4v) is 8.06. The van der Waals surface area contributed by atoms with E-state index in [0.29, 0.717) is 0 Å². The third kappa shape index (κ3) is 6.32. The van der Waals surface area contributed by atoms with Gasteiger partial charge in [0.2, 0.25) is 0 Å². The first-order chi connectivity index (χ1) is 13.5. The van der Waals surface area contributed by atoms with Crippen molar-refractivity contribution in [3.8, 4) is 0 Å². The molecule has 1 atom stereocenters. The highest BCUT2D eigenvalue weighted by Crippen LogP contribution is 2.44. The Labute approximate surface area is 188 Å². The summed E-state index contributed by atoms with van der Waals surface area (Å²) >= 11 is 0. The summed E-state index contributed by atoms with van der Waals surface area (Å²) in [4.78, 5) is 0. The van der Waals surface area contributed by atoms with Crippen LogP contribution >= 0.6 is 0 Å². The van der Waals surface area contributed by atoms with Gasteiger partial charge in [0, 0.05) is 12.4 Å². The van der Waals surface area contributed by atoms with Gasteiger partial charge in [0.05, 0.1) is 19.3 Å². The molecule has 0 radical (unpaired) electrons. The molecule has 1 heterocycles. The Bertz CT molecular complexity index is 680. The molecule has 0 amide bonds. The summed E-state index contributed by atoms with van der Waals surface area (Å²) < 4.78 is 19.7. The van der Waals surface area contributed by atoms with Crippen LogP contribution in [0, 0.1) is 0 Å². The average molecular weight is 449 g/mol. The van der Waals surface area contributed by atoms with E-state index in [1.807, 2.05) is 0 Å². The Balaban J connectivity index is 2.21. The molecule has 6 heteroatoms. The van der Waals surface area contributed by atoms with Crippen LogP contribution in [-0.2, 0) is 19.8 Å². The van der Waals surface area contributed by atoms with Crippen molar-refractivity contribution in [3.05, 3.63) is 35.9 Å². The minimum Gasteiger partial charge on any atom is -0.417 e. The summed E-state index contributed by atoms with van der Waals surface area (Å²) in [5.41, 5.74) is 0.822. The fourth-order valence-electron chi connectivity index (χ4n) is 3.78. The summed E-state index contributed by atoms with van der Waals surface area (Å²) in [6, 6.07) is 13.2. The van der Waals surface area contributed by atoms with Crippen molar-refractivity contribution in [2.75, 3.05) is 6.61 Å². The minimum absolute atomic E-state index is 0.199. The first kappa shape index (κ1) is 25.9. The molecule has 1 aliphatic rings. The highest BCUT2D eigenvalue weighted by atomic mass is 28.4. The van der Waals surface area contributed by atoms with Crippen LogP contribution in [0.1, 0.15) is 54.0 Å². The summed E-state index contributed by atoms with van der Waals surface area (Å²) in [5.74, 6) is 0.255. The maximum atomic E-state index is 6.70. The van der Waals surface area contributed by atoms with Crippen LogP contribution in [-0.4, -0.2) is 41.3 Å². The van der Waals surface area contributed by atoms with E-state index >= 15 is 0 Å². The molecule has 1 saturated heterocycles. The van der Waals surface area contributed by atoms with Gasteiger partial charge in [0.1, 0.15) is 0 Å². The predicted molar refractivity (Wildman–Crippen MR) is 135 cm³/mol. The van der Waals surface area contributed by atoms with Crippen molar-refractivity contribution in [3.63, 3.8) is 0 Å². The van der Waals surface area contributed by atoms with Crippen LogP contribution in [0.3, 0.4) is 0 Å². The van der Waals surface area contributed by atoms with Crippen LogP contribution in [0.2, 0.25) is 43.1 Å². The maximum absolute atomic E-state index is 6.70. The summed E-state index contributed by atoms with van der Waals surface area (Å²) in [5, 5.41) is 0.199. The molecule has 3 nitrogen and oxygen atoms in total. The van der Waals surface area contributed by atoms with Gasteiger partial charge in [0.15, 0.2) is 8.32 Å². The predicted octanol–water partition coefficient (Wildman–Crippen LogP) is 6.96. The summed E-state index contributed by atoms with van der Waals surface area (Å²) in [6.45, 7) is 25.9. The van der Waals surface area contributed by atoms with Crippen molar-refractivity contribution in [1.29, 1.82) is 0 Å². The largest absolute Gasteiger partial charge is 0.463 e. The zero-order valence-corrected chi connectivity index (χ0v) is 23.4. The summed E-state index contributed by atoms with van der Waals surface area (Å²) in [6.07, 6.45) is 0. The molecule has 1 aromatic carbocycles. The molecule has 1 aromatic rings. The van der Waals surface area contributed by atoms with E-state index < -0.39 is 16.4 Å². The Morgan fingerprint density at radius 1 is 0.933 bits per heavy atom. The monoisotopic (exact) mass is 448 g/mol. The Kier molecular flexibility index (Phi) is 7.63. The van der Waals surface area contributed by atoms with E-state index in [1.165, 1.54) is 11.6 Å². The number of hydrogen-bond acceptors (Lipinski definition) is 3. The lowest BCUT2D eigenvalue weighted by Crippen LogP contribution is -2.44. The van der Waals surface area contributed by atoms with Gasteiger partial charge in [0.25, 0.3) is 0 Å². The SMILES string of the molecule is CC1(C)OB([C@@H](CO[Si](C)(C)C(C)(C)C)C[Si](C)(C)Cc2ccccc2)OC1(C)C. The van der Waals surface area contributed by atoms with Crippen molar-refractivity contribution >= 4 is 23.5 Å². The summed E-state index contributed by atoms with van der Waals surface area (Å²) in [7, 11) is -3.58. The molecule has 1 aliphatic heterocycles. The van der Waals surface area contributed by atoms with Crippen molar-refractivity contribution in [2.24, 2.45) is 0 Å². The highest BCUT2D eigenvalue weighted by Gasteiger charge is 2.54.